The molecule has 0 saturated heterocycles. The van der Waals surface area contributed by atoms with E-state index in [1.807, 2.05) is 18.2 Å². The number of carboxylic acids is 2. The highest BCUT2D eigenvalue weighted by Gasteiger charge is 2.16. The third kappa shape index (κ3) is 8.93. The lowest BCUT2D eigenvalue weighted by atomic mass is 10.2. The summed E-state index contributed by atoms with van der Waals surface area (Å²) in [4.78, 5) is 19.4. The van der Waals surface area contributed by atoms with Gasteiger partial charge in [-0.3, -0.25) is 4.79 Å². The maximum atomic E-state index is 9.72. The Morgan fingerprint density at radius 1 is 1.21 bits per heavy atom. The van der Waals surface area contributed by atoms with Gasteiger partial charge in [0.25, 0.3) is 0 Å². The van der Waals surface area contributed by atoms with Gasteiger partial charge in [0.05, 0.1) is 20.6 Å². The van der Waals surface area contributed by atoms with Gasteiger partial charge in [-0.15, -0.1) is 0 Å². The molecule has 9 heteroatoms. The highest BCUT2D eigenvalue weighted by molar-refractivity contribution is 5.79. The summed E-state index contributed by atoms with van der Waals surface area (Å²) in [6.07, 6.45) is -2.54. The molecule has 136 valence electrons. The van der Waals surface area contributed by atoms with Crippen LogP contribution in [-0.2, 0) is 16.1 Å². The molecule has 0 saturated carbocycles. The molecule has 6 N–H and O–H groups in total. The fourth-order valence-electron chi connectivity index (χ4n) is 1.58. The van der Waals surface area contributed by atoms with Crippen LogP contribution < -0.4 is 20.5 Å². The van der Waals surface area contributed by atoms with Crippen LogP contribution >= 0.6 is 0 Å². The van der Waals surface area contributed by atoms with Crippen LogP contribution in [0, 0.1) is 0 Å². The first-order chi connectivity index (χ1) is 11.3. The van der Waals surface area contributed by atoms with Gasteiger partial charge in [0.15, 0.2) is 17.6 Å². The zero-order valence-electron chi connectivity index (χ0n) is 13.7. The number of aliphatic hydroxyl groups is 1. The Labute approximate surface area is 140 Å². The molecule has 0 aromatic heterocycles. The lowest BCUT2D eigenvalue weighted by Crippen LogP contribution is -2.22. The molecule has 0 aliphatic rings. The summed E-state index contributed by atoms with van der Waals surface area (Å²) in [7, 11) is 3.26. The van der Waals surface area contributed by atoms with Crippen LogP contribution in [0.3, 0.4) is 0 Å². The van der Waals surface area contributed by atoms with Gasteiger partial charge in [-0.05, 0) is 17.7 Å². The van der Waals surface area contributed by atoms with E-state index in [1.165, 1.54) is 0 Å². The van der Waals surface area contributed by atoms with Gasteiger partial charge < -0.3 is 35.8 Å². The minimum absolute atomic E-state index is 0.646. The Balaban J connectivity index is 0.000000506. The molecule has 0 fully saturated rings. The highest BCUT2D eigenvalue weighted by atomic mass is 16.5. The van der Waals surface area contributed by atoms with Crippen molar-refractivity contribution in [3.63, 3.8) is 0 Å². The van der Waals surface area contributed by atoms with Crippen molar-refractivity contribution in [2.45, 2.75) is 19.1 Å². The summed E-state index contributed by atoms with van der Waals surface area (Å²) in [5.74, 6) is -1.34. The van der Waals surface area contributed by atoms with Crippen molar-refractivity contribution < 1.29 is 34.4 Å². The number of methoxy groups -OCH3 is 2. The van der Waals surface area contributed by atoms with Crippen LogP contribution in [0.5, 0.6) is 11.5 Å². The van der Waals surface area contributed by atoms with Gasteiger partial charge in [0.1, 0.15) is 0 Å². The van der Waals surface area contributed by atoms with E-state index in [0.717, 1.165) is 30.2 Å². The number of aliphatic hydroxyl groups excluding tert-OH is 1. The predicted molar refractivity (Wildman–Crippen MR) is 86.2 cm³/mol. The van der Waals surface area contributed by atoms with Crippen molar-refractivity contribution in [2.24, 2.45) is 5.73 Å². The molecule has 0 aliphatic carbocycles. The molecule has 0 heterocycles. The van der Waals surface area contributed by atoms with Crippen molar-refractivity contribution in [1.82, 2.24) is 5.32 Å². The molecule has 1 rings (SSSR count). The second kappa shape index (κ2) is 12.1. The van der Waals surface area contributed by atoms with E-state index in [4.69, 9.17) is 30.5 Å². The molecule has 1 unspecified atom stereocenters. The molecule has 1 atom stereocenters. The van der Waals surface area contributed by atoms with Gasteiger partial charge in [0.2, 0.25) is 0 Å². The van der Waals surface area contributed by atoms with Crippen LogP contribution in [0.15, 0.2) is 18.2 Å². The smallest absolute Gasteiger partial charge is 0.333 e. The van der Waals surface area contributed by atoms with E-state index >= 15 is 0 Å². The van der Waals surface area contributed by atoms with Crippen molar-refractivity contribution in [1.29, 1.82) is 0 Å². The number of aliphatic carboxylic acids is 2. The average molecular weight is 344 g/mol. The van der Waals surface area contributed by atoms with E-state index in [2.05, 4.69) is 5.32 Å². The van der Waals surface area contributed by atoms with Crippen LogP contribution in [-0.4, -0.2) is 60.7 Å². The monoisotopic (exact) mass is 344 g/mol. The molecule has 24 heavy (non-hydrogen) atoms. The van der Waals surface area contributed by atoms with Gasteiger partial charge in [-0.2, -0.15) is 0 Å². The number of nitrogens with two attached hydrogens (primary N) is 1. The Bertz CT molecular complexity index is 523. The summed E-state index contributed by atoms with van der Waals surface area (Å²) < 4.78 is 10.4. The maximum absolute atomic E-state index is 9.72. The van der Waals surface area contributed by atoms with E-state index < -0.39 is 24.5 Å². The van der Waals surface area contributed by atoms with Gasteiger partial charge in [-0.1, -0.05) is 6.07 Å². The molecule has 0 spiro atoms. The molecule has 1 aromatic rings. The molecule has 9 nitrogen and oxygen atoms in total. The number of rotatable bonds is 9. The van der Waals surface area contributed by atoms with Crippen LogP contribution in [0.1, 0.15) is 12.0 Å². The molecule has 1 aromatic carbocycles. The predicted octanol–water partition coefficient (Wildman–Crippen LogP) is -0.341. The summed E-state index contributed by atoms with van der Waals surface area (Å²) in [6, 6.07) is 5.87. The largest absolute Gasteiger partial charge is 0.493 e. The Kier molecular flexibility index (Phi) is 10.9. The van der Waals surface area contributed by atoms with Gasteiger partial charge >= 0.3 is 11.9 Å². The number of ether oxygens (including phenoxy) is 2. The number of nitrogens with one attached hydrogen (secondary N) is 1. The second-order valence-corrected chi connectivity index (χ2v) is 4.61. The van der Waals surface area contributed by atoms with Crippen LogP contribution in [0.4, 0.5) is 0 Å². The molecular formula is C15H24N2O7. The number of benzene rings is 1. The Morgan fingerprint density at radius 2 is 1.83 bits per heavy atom. The summed E-state index contributed by atoms with van der Waals surface area (Å²) in [5.41, 5.74) is 6.54. The van der Waals surface area contributed by atoms with Crippen LogP contribution in [0.25, 0.3) is 0 Å². The van der Waals surface area contributed by atoms with Crippen LogP contribution in [0.2, 0.25) is 0 Å². The fourth-order valence-corrected chi connectivity index (χ4v) is 1.58. The number of carbonyl (C=O) groups is 2. The minimum Gasteiger partial charge on any atom is -0.493 e. The lowest BCUT2D eigenvalue weighted by molar-refractivity contribution is -0.152. The highest BCUT2D eigenvalue weighted by Crippen LogP contribution is 2.27. The fraction of sp³-hybridized carbons (Fsp3) is 0.467. The summed E-state index contributed by atoms with van der Waals surface area (Å²) in [5, 5.41) is 27.4. The zero-order chi connectivity index (χ0) is 18.5. The first-order valence-corrected chi connectivity index (χ1v) is 7.10. The van der Waals surface area contributed by atoms with Crippen molar-refractivity contribution >= 4 is 11.9 Å². The summed E-state index contributed by atoms with van der Waals surface area (Å²) >= 11 is 0. The van der Waals surface area contributed by atoms with Gasteiger partial charge in [0, 0.05) is 19.6 Å². The molecule has 0 aliphatic heterocycles. The molecule has 0 amide bonds. The van der Waals surface area contributed by atoms with E-state index in [9.17, 15) is 9.59 Å². The third-order valence-corrected chi connectivity index (χ3v) is 2.75. The molecular weight excluding hydrogens is 320 g/mol. The average Bonchev–Trinajstić information content (AvgIpc) is 2.54. The van der Waals surface area contributed by atoms with Crippen molar-refractivity contribution in [3.05, 3.63) is 23.8 Å². The third-order valence-electron chi connectivity index (χ3n) is 2.75. The Morgan fingerprint density at radius 3 is 2.25 bits per heavy atom. The zero-order valence-corrected chi connectivity index (χ0v) is 13.7. The molecule has 0 radical (unpaired) electrons. The maximum Gasteiger partial charge on any atom is 0.333 e. The second-order valence-electron chi connectivity index (χ2n) is 4.61. The number of carboxylic acid groups (broad SMARTS) is 2. The molecule has 0 bridgehead atoms. The number of hydrogen-bond donors (Lipinski definition) is 5. The topological polar surface area (TPSA) is 151 Å². The van der Waals surface area contributed by atoms with Gasteiger partial charge in [-0.25, -0.2) is 4.79 Å². The lowest BCUT2D eigenvalue weighted by Gasteiger charge is -2.09. The normalized spacial score (nSPS) is 11.0. The van der Waals surface area contributed by atoms with E-state index in [1.54, 1.807) is 14.2 Å². The minimum atomic E-state index is -1.79. The SMILES string of the molecule is COc1ccc(CNCCN)cc1OC.O=C(O)CC(O)C(=O)O. The standard InChI is InChI=1S/C11H18N2O2.C4H6O5/c1-14-10-4-3-9(7-11(10)15-2)8-13-6-5-12;5-2(4(8)9)1-3(6)7/h3-4,7,13H,5-6,8,12H2,1-2H3;2,5H,1H2,(H,6,7)(H,8,9). The first kappa shape index (κ1) is 21.6. The van der Waals surface area contributed by atoms with E-state index in [0.29, 0.717) is 6.54 Å². The Hall–Kier alpha value is -2.36. The van der Waals surface area contributed by atoms with Crippen molar-refractivity contribution in [3.8, 4) is 11.5 Å². The first-order valence-electron chi connectivity index (χ1n) is 7.10. The van der Waals surface area contributed by atoms with E-state index in [-0.39, 0.29) is 0 Å². The van der Waals surface area contributed by atoms with Crippen molar-refractivity contribution in [2.75, 3.05) is 27.3 Å². The quantitative estimate of drug-likeness (QED) is 0.379. The number of hydrogen-bond acceptors (Lipinski definition) is 7. The summed E-state index contributed by atoms with van der Waals surface area (Å²) in [6.45, 7) is 2.25.